The molecule has 32 heavy (non-hydrogen) atoms. The van der Waals surface area contributed by atoms with Gasteiger partial charge in [-0.3, -0.25) is 4.79 Å². The molecule has 0 saturated heterocycles. The third-order valence-electron chi connectivity index (χ3n) is 5.13. The number of aromatic nitrogens is 1. The Hall–Kier alpha value is -4.25. The van der Waals surface area contributed by atoms with Crippen molar-refractivity contribution in [3.63, 3.8) is 0 Å². The Morgan fingerprint density at radius 1 is 1.16 bits per heavy atom. The summed E-state index contributed by atoms with van der Waals surface area (Å²) in [6.07, 6.45) is 1.47. The summed E-state index contributed by atoms with van der Waals surface area (Å²) >= 11 is 0. The lowest BCUT2D eigenvalue weighted by atomic mass is 10.1. The summed E-state index contributed by atoms with van der Waals surface area (Å²) in [7, 11) is 1.34. The summed E-state index contributed by atoms with van der Waals surface area (Å²) in [6, 6.07) is 12.7. The molecule has 162 valence electrons. The maximum absolute atomic E-state index is 14.0. The standard InChI is InChI=1S/C24H21FN4O3/c1-14-10-18(13-27-28-23(30)20-9-8-17(12-26)11-21(20)25)16(3)29(14)22-7-5-6-19(15(22)2)24(31)32-4/h5-11,13H,1-4H3,(H,28,30). The maximum Gasteiger partial charge on any atom is 0.338 e. The number of rotatable bonds is 5. The van der Waals surface area contributed by atoms with Gasteiger partial charge in [0.15, 0.2) is 0 Å². The van der Waals surface area contributed by atoms with Gasteiger partial charge in [0.25, 0.3) is 5.91 Å². The Kier molecular flexibility index (Phi) is 6.50. The van der Waals surface area contributed by atoms with E-state index in [1.54, 1.807) is 12.1 Å². The number of nitrogens with zero attached hydrogens (tertiary/aromatic N) is 3. The SMILES string of the molecule is COC(=O)c1cccc(-n2c(C)cc(C=NNC(=O)c3ccc(C#N)cc3F)c2C)c1C. The number of aryl methyl sites for hydroxylation is 1. The Morgan fingerprint density at radius 3 is 2.56 bits per heavy atom. The molecule has 0 aliphatic heterocycles. The van der Waals surface area contributed by atoms with Gasteiger partial charge in [0.1, 0.15) is 5.82 Å². The van der Waals surface area contributed by atoms with Gasteiger partial charge in [-0.2, -0.15) is 10.4 Å². The third-order valence-corrected chi connectivity index (χ3v) is 5.13. The number of esters is 1. The summed E-state index contributed by atoms with van der Waals surface area (Å²) in [5.41, 5.74) is 6.78. The number of nitriles is 1. The number of hydrazone groups is 1. The number of benzene rings is 2. The average molecular weight is 432 g/mol. The van der Waals surface area contributed by atoms with E-state index in [0.717, 1.165) is 34.3 Å². The molecule has 0 radical (unpaired) electrons. The van der Waals surface area contributed by atoms with Crippen molar-refractivity contribution < 1.29 is 18.7 Å². The molecule has 1 N–H and O–H groups in total. The number of carbonyl (C=O) groups excluding carboxylic acids is 2. The molecule has 0 fully saturated rings. The van der Waals surface area contributed by atoms with E-state index in [2.05, 4.69) is 10.5 Å². The fraction of sp³-hybridized carbons (Fsp3) is 0.167. The predicted octanol–water partition coefficient (Wildman–Crippen LogP) is 3.96. The number of hydrogen-bond donors (Lipinski definition) is 1. The first kappa shape index (κ1) is 22.4. The van der Waals surface area contributed by atoms with E-state index in [4.69, 9.17) is 10.00 Å². The van der Waals surface area contributed by atoms with Gasteiger partial charge < -0.3 is 9.30 Å². The van der Waals surface area contributed by atoms with Gasteiger partial charge in [0.05, 0.1) is 36.1 Å². The van der Waals surface area contributed by atoms with Crippen LogP contribution in [0.1, 0.15) is 48.8 Å². The summed E-state index contributed by atoms with van der Waals surface area (Å²) in [4.78, 5) is 24.3. The quantitative estimate of drug-likeness (QED) is 0.375. The van der Waals surface area contributed by atoms with Gasteiger partial charge in [0, 0.05) is 22.6 Å². The van der Waals surface area contributed by atoms with Gasteiger partial charge in [-0.05, 0) is 62.7 Å². The molecule has 7 nitrogen and oxygen atoms in total. The van der Waals surface area contributed by atoms with Gasteiger partial charge in [-0.25, -0.2) is 14.6 Å². The topological polar surface area (TPSA) is 96.5 Å². The minimum absolute atomic E-state index is 0.126. The van der Waals surface area contributed by atoms with Crippen LogP contribution in [0.3, 0.4) is 0 Å². The molecule has 8 heteroatoms. The molecule has 0 aliphatic rings. The molecule has 3 rings (SSSR count). The molecule has 0 saturated carbocycles. The Morgan fingerprint density at radius 2 is 1.91 bits per heavy atom. The highest BCUT2D eigenvalue weighted by molar-refractivity contribution is 5.95. The normalized spacial score (nSPS) is 10.8. The van der Waals surface area contributed by atoms with Crippen LogP contribution in [-0.4, -0.2) is 29.8 Å². The van der Waals surface area contributed by atoms with Crippen LogP contribution in [0.5, 0.6) is 0 Å². The third kappa shape index (κ3) is 4.27. The van der Waals surface area contributed by atoms with Crippen LogP contribution in [0.25, 0.3) is 5.69 Å². The number of nitrogens with one attached hydrogen (secondary N) is 1. The number of halogens is 1. The largest absolute Gasteiger partial charge is 0.465 e. The predicted molar refractivity (Wildman–Crippen MR) is 117 cm³/mol. The van der Waals surface area contributed by atoms with Crippen molar-refractivity contribution in [1.29, 1.82) is 5.26 Å². The highest BCUT2D eigenvalue weighted by atomic mass is 19.1. The van der Waals surface area contributed by atoms with Crippen molar-refractivity contribution in [2.45, 2.75) is 20.8 Å². The number of hydrogen-bond acceptors (Lipinski definition) is 5. The van der Waals surface area contributed by atoms with E-state index in [0.29, 0.717) is 5.56 Å². The van der Waals surface area contributed by atoms with E-state index >= 15 is 0 Å². The van der Waals surface area contributed by atoms with Crippen LogP contribution in [0.15, 0.2) is 47.6 Å². The lowest BCUT2D eigenvalue weighted by molar-refractivity contribution is 0.0599. The summed E-state index contributed by atoms with van der Waals surface area (Å²) in [5.74, 6) is -1.93. The number of amides is 1. The van der Waals surface area contributed by atoms with Crippen molar-refractivity contribution in [1.82, 2.24) is 9.99 Å². The number of ether oxygens (including phenoxy) is 1. The van der Waals surface area contributed by atoms with Crippen LogP contribution in [0.4, 0.5) is 4.39 Å². The van der Waals surface area contributed by atoms with Crippen molar-refractivity contribution >= 4 is 18.1 Å². The zero-order valence-corrected chi connectivity index (χ0v) is 18.1. The summed E-state index contributed by atoms with van der Waals surface area (Å²) in [5, 5.41) is 12.7. The van der Waals surface area contributed by atoms with Crippen LogP contribution < -0.4 is 5.43 Å². The van der Waals surface area contributed by atoms with Crippen LogP contribution >= 0.6 is 0 Å². The molecular weight excluding hydrogens is 411 g/mol. The van der Waals surface area contributed by atoms with Crippen LogP contribution in [0, 0.1) is 37.9 Å². The van der Waals surface area contributed by atoms with Crippen LogP contribution in [-0.2, 0) is 4.74 Å². The monoisotopic (exact) mass is 432 g/mol. The fourth-order valence-corrected chi connectivity index (χ4v) is 3.48. The molecule has 3 aromatic rings. The zero-order valence-electron chi connectivity index (χ0n) is 18.1. The van der Waals surface area contributed by atoms with Crippen molar-refractivity contribution in [3.8, 4) is 11.8 Å². The second-order valence-electron chi connectivity index (χ2n) is 7.11. The van der Waals surface area contributed by atoms with Gasteiger partial charge in [-0.15, -0.1) is 0 Å². The number of carbonyl (C=O) groups is 2. The smallest absolute Gasteiger partial charge is 0.338 e. The highest BCUT2D eigenvalue weighted by Crippen LogP contribution is 2.25. The first-order valence-corrected chi connectivity index (χ1v) is 9.68. The minimum atomic E-state index is -0.795. The fourth-order valence-electron chi connectivity index (χ4n) is 3.48. The van der Waals surface area contributed by atoms with E-state index in [9.17, 15) is 14.0 Å². The first-order valence-electron chi connectivity index (χ1n) is 9.68. The maximum atomic E-state index is 14.0. The highest BCUT2D eigenvalue weighted by Gasteiger charge is 2.17. The zero-order chi connectivity index (χ0) is 23.4. The molecule has 1 aromatic heterocycles. The van der Waals surface area contributed by atoms with Crippen molar-refractivity contribution in [2.24, 2.45) is 5.10 Å². The lowest BCUT2D eigenvalue weighted by Crippen LogP contribution is -2.19. The molecule has 0 atom stereocenters. The molecule has 0 bridgehead atoms. The molecule has 1 amide bonds. The van der Waals surface area contributed by atoms with Crippen molar-refractivity contribution in [2.75, 3.05) is 7.11 Å². The Labute approximate surface area is 184 Å². The van der Waals surface area contributed by atoms with E-state index in [1.165, 1.54) is 25.5 Å². The summed E-state index contributed by atoms with van der Waals surface area (Å²) in [6.45, 7) is 5.65. The van der Waals surface area contributed by atoms with Gasteiger partial charge in [-0.1, -0.05) is 6.07 Å². The molecule has 2 aromatic carbocycles. The molecule has 0 aliphatic carbocycles. The lowest BCUT2D eigenvalue weighted by Gasteiger charge is -2.15. The van der Waals surface area contributed by atoms with E-state index in [-0.39, 0.29) is 11.1 Å². The van der Waals surface area contributed by atoms with E-state index < -0.39 is 17.7 Å². The summed E-state index contributed by atoms with van der Waals surface area (Å²) < 4.78 is 20.8. The average Bonchev–Trinajstić information content (AvgIpc) is 3.06. The van der Waals surface area contributed by atoms with Crippen LogP contribution in [0.2, 0.25) is 0 Å². The molecular formula is C24H21FN4O3. The van der Waals surface area contributed by atoms with Crippen molar-refractivity contribution in [3.05, 3.63) is 87.5 Å². The van der Waals surface area contributed by atoms with Gasteiger partial charge >= 0.3 is 5.97 Å². The molecule has 0 spiro atoms. The van der Waals surface area contributed by atoms with E-state index in [1.807, 2.05) is 43.5 Å². The molecule has 0 unspecified atom stereocenters. The molecule has 1 heterocycles. The Bertz CT molecular complexity index is 1290. The van der Waals surface area contributed by atoms with Gasteiger partial charge in [0.2, 0.25) is 0 Å². The Balaban J connectivity index is 1.86. The first-order chi connectivity index (χ1) is 15.3. The number of methoxy groups -OCH3 is 1. The second-order valence-corrected chi connectivity index (χ2v) is 7.11. The second kappa shape index (κ2) is 9.27. The minimum Gasteiger partial charge on any atom is -0.465 e.